The Bertz CT molecular complexity index is 707. The van der Waals surface area contributed by atoms with Crippen LogP contribution in [0.3, 0.4) is 0 Å². The summed E-state index contributed by atoms with van der Waals surface area (Å²) < 4.78 is 18.7. The predicted octanol–water partition coefficient (Wildman–Crippen LogP) is 2.53. The topological polar surface area (TPSA) is 54.5 Å². The summed E-state index contributed by atoms with van der Waals surface area (Å²) in [5.74, 6) is -0.342. The first kappa shape index (κ1) is 17.0. The van der Waals surface area contributed by atoms with Crippen molar-refractivity contribution in [3.8, 4) is 0 Å². The van der Waals surface area contributed by atoms with E-state index in [1.54, 1.807) is 12.3 Å². The summed E-state index contributed by atoms with van der Waals surface area (Å²) in [6, 6.07) is 6.22. The smallest absolute Gasteiger partial charge is 0.245 e. The Kier molecular flexibility index (Phi) is 5.55. The molecule has 1 N–H and O–H groups in total. The third-order valence-corrected chi connectivity index (χ3v) is 4.91. The Hall–Kier alpha value is -1.83. The average Bonchev–Trinajstić information content (AvgIpc) is 3.01. The standard InChI is InChI=1S/C17H20FN3O2S/c1-2-21-6-7-23-11-15(21)16(22)20-17-19-10-14(24-17)9-12-4-3-5-13(18)8-12/h3-5,8,10,15H,2,6-7,9,11H2,1H3,(H,19,20,22). The number of rotatable bonds is 5. The zero-order valence-electron chi connectivity index (χ0n) is 13.5. The summed E-state index contributed by atoms with van der Waals surface area (Å²) in [5, 5.41) is 3.43. The fraction of sp³-hybridized carbons (Fsp3) is 0.412. The number of carbonyl (C=O) groups excluding carboxylic acids is 1. The summed E-state index contributed by atoms with van der Waals surface area (Å²) >= 11 is 1.41. The number of aromatic nitrogens is 1. The van der Waals surface area contributed by atoms with E-state index in [-0.39, 0.29) is 17.8 Å². The average molecular weight is 349 g/mol. The van der Waals surface area contributed by atoms with Gasteiger partial charge >= 0.3 is 0 Å². The van der Waals surface area contributed by atoms with Crippen molar-refractivity contribution in [2.24, 2.45) is 0 Å². The molecule has 1 amide bonds. The molecule has 1 unspecified atom stereocenters. The van der Waals surface area contributed by atoms with E-state index in [2.05, 4.69) is 15.2 Å². The van der Waals surface area contributed by atoms with Gasteiger partial charge in [-0.05, 0) is 24.2 Å². The molecule has 2 heterocycles. The van der Waals surface area contributed by atoms with Crippen molar-refractivity contribution in [3.05, 3.63) is 46.7 Å². The Morgan fingerprint density at radius 2 is 2.42 bits per heavy atom. The number of nitrogens with one attached hydrogen (secondary N) is 1. The van der Waals surface area contributed by atoms with E-state index < -0.39 is 0 Å². The van der Waals surface area contributed by atoms with Crippen molar-refractivity contribution in [1.29, 1.82) is 0 Å². The number of benzene rings is 1. The maximum atomic E-state index is 13.2. The minimum Gasteiger partial charge on any atom is -0.378 e. The Morgan fingerprint density at radius 3 is 3.21 bits per heavy atom. The number of anilines is 1. The zero-order valence-corrected chi connectivity index (χ0v) is 14.3. The van der Waals surface area contributed by atoms with Gasteiger partial charge in [-0.25, -0.2) is 9.37 Å². The lowest BCUT2D eigenvalue weighted by Crippen LogP contribution is -2.51. The van der Waals surface area contributed by atoms with Crippen molar-refractivity contribution in [3.63, 3.8) is 0 Å². The molecule has 0 saturated carbocycles. The predicted molar refractivity (Wildman–Crippen MR) is 91.8 cm³/mol. The molecule has 24 heavy (non-hydrogen) atoms. The number of carbonyl (C=O) groups is 1. The van der Waals surface area contributed by atoms with E-state index in [4.69, 9.17) is 4.74 Å². The Balaban J connectivity index is 1.62. The quantitative estimate of drug-likeness (QED) is 0.901. The van der Waals surface area contributed by atoms with Crippen LogP contribution in [0.4, 0.5) is 9.52 Å². The SMILES string of the molecule is CCN1CCOCC1C(=O)Nc1ncc(Cc2cccc(F)c2)s1. The van der Waals surface area contributed by atoms with Crippen molar-refractivity contribution >= 4 is 22.4 Å². The lowest BCUT2D eigenvalue weighted by atomic mass is 10.1. The molecule has 0 radical (unpaired) electrons. The number of morpholine rings is 1. The maximum Gasteiger partial charge on any atom is 0.245 e. The lowest BCUT2D eigenvalue weighted by Gasteiger charge is -2.33. The van der Waals surface area contributed by atoms with Gasteiger partial charge in [0.15, 0.2) is 5.13 Å². The minimum atomic E-state index is -0.278. The van der Waals surface area contributed by atoms with Gasteiger partial charge in [0.25, 0.3) is 0 Å². The second-order valence-corrected chi connectivity index (χ2v) is 6.76. The fourth-order valence-electron chi connectivity index (χ4n) is 2.74. The van der Waals surface area contributed by atoms with Gasteiger partial charge in [0, 0.05) is 24.0 Å². The summed E-state index contributed by atoms with van der Waals surface area (Å²) in [4.78, 5) is 19.8. The van der Waals surface area contributed by atoms with Crippen LogP contribution in [0, 0.1) is 5.82 Å². The van der Waals surface area contributed by atoms with E-state index >= 15 is 0 Å². The molecule has 128 valence electrons. The van der Waals surface area contributed by atoms with Crippen LogP contribution in [0.5, 0.6) is 0 Å². The number of hydrogen-bond acceptors (Lipinski definition) is 5. The molecule has 7 heteroatoms. The van der Waals surface area contributed by atoms with Crippen LogP contribution in [-0.4, -0.2) is 48.1 Å². The van der Waals surface area contributed by atoms with Gasteiger partial charge in [-0.1, -0.05) is 19.1 Å². The van der Waals surface area contributed by atoms with Gasteiger partial charge in [0.2, 0.25) is 5.91 Å². The highest BCUT2D eigenvalue weighted by atomic mass is 32.1. The molecule has 3 rings (SSSR count). The van der Waals surface area contributed by atoms with Crippen molar-refractivity contribution < 1.29 is 13.9 Å². The molecule has 1 fully saturated rings. The number of amides is 1. The second-order valence-electron chi connectivity index (χ2n) is 5.65. The molecule has 0 aliphatic carbocycles. The molecule has 1 atom stereocenters. The molecule has 1 aliphatic rings. The highest BCUT2D eigenvalue weighted by Gasteiger charge is 2.28. The van der Waals surface area contributed by atoms with E-state index in [1.165, 1.54) is 23.5 Å². The van der Waals surface area contributed by atoms with Crippen LogP contribution in [0.15, 0.2) is 30.5 Å². The number of nitrogens with zero attached hydrogens (tertiary/aromatic N) is 2. The largest absolute Gasteiger partial charge is 0.378 e. The first-order valence-electron chi connectivity index (χ1n) is 7.97. The normalized spacial score (nSPS) is 18.5. The number of ether oxygens (including phenoxy) is 1. The Morgan fingerprint density at radius 1 is 1.54 bits per heavy atom. The monoisotopic (exact) mass is 349 g/mol. The highest BCUT2D eigenvalue weighted by Crippen LogP contribution is 2.22. The van der Waals surface area contributed by atoms with Crippen LogP contribution in [-0.2, 0) is 16.0 Å². The maximum absolute atomic E-state index is 13.2. The third kappa shape index (κ3) is 4.17. The summed E-state index contributed by atoms with van der Waals surface area (Å²) in [6.07, 6.45) is 2.32. The van der Waals surface area contributed by atoms with Gasteiger partial charge in [-0.15, -0.1) is 11.3 Å². The van der Waals surface area contributed by atoms with Crippen LogP contribution >= 0.6 is 11.3 Å². The van der Waals surface area contributed by atoms with Gasteiger partial charge in [0.1, 0.15) is 11.9 Å². The number of hydrogen-bond donors (Lipinski definition) is 1. The molecule has 0 bridgehead atoms. The number of likely N-dealkylation sites (N-methyl/N-ethyl adjacent to an activating group) is 1. The second kappa shape index (κ2) is 7.83. The summed E-state index contributed by atoms with van der Waals surface area (Å²) in [7, 11) is 0. The molecule has 1 aliphatic heterocycles. The third-order valence-electron chi connectivity index (χ3n) is 4.00. The van der Waals surface area contributed by atoms with E-state index in [0.29, 0.717) is 24.8 Å². The molecule has 5 nitrogen and oxygen atoms in total. The Labute approximate surface area is 144 Å². The first-order valence-corrected chi connectivity index (χ1v) is 8.79. The molecule has 1 saturated heterocycles. The molecular formula is C17H20FN3O2S. The van der Waals surface area contributed by atoms with Gasteiger partial charge in [-0.3, -0.25) is 9.69 Å². The van der Waals surface area contributed by atoms with Crippen LogP contribution in [0.2, 0.25) is 0 Å². The van der Waals surface area contributed by atoms with Gasteiger partial charge in [-0.2, -0.15) is 0 Å². The van der Waals surface area contributed by atoms with Gasteiger partial charge < -0.3 is 10.1 Å². The summed E-state index contributed by atoms with van der Waals surface area (Å²) in [5.41, 5.74) is 0.884. The van der Waals surface area contributed by atoms with Crippen LogP contribution in [0.25, 0.3) is 0 Å². The van der Waals surface area contributed by atoms with Crippen molar-refractivity contribution in [2.75, 3.05) is 31.6 Å². The molecule has 0 spiro atoms. The zero-order chi connectivity index (χ0) is 16.9. The van der Waals surface area contributed by atoms with E-state index in [9.17, 15) is 9.18 Å². The highest BCUT2D eigenvalue weighted by molar-refractivity contribution is 7.15. The van der Waals surface area contributed by atoms with Crippen LogP contribution in [0.1, 0.15) is 17.4 Å². The molecule has 1 aromatic heterocycles. The van der Waals surface area contributed by atoms with Crippen molar-refractivity contribution in [2.45, 2.75) is 19.4 Å². The van der Waals surface area contributed by atoms with Crippen LogP contribution < -0.4 is 5.32 Å². The summed E-state index contributed by atoms with van der Waals surface area (Å²) in [6.45, 7) is 4.67. The minimum absolute atomic E-state index is 0.0943. The molecule has 1 aromatic carbocycles. The van der Waals surface area contributed by atoms with E-state index in [0.717, 1.165) is 23.5 Å². The molecule has 2 aromatic rings. The van der Waals surface area contributed by atoms with Crippen molar-refractivity contribution in [1.82, 2.24) is 9.88 Å². The van der Waals surface area contributed by atoms with Gasteiger partial charge in [0.05, 0.1) is 13.2 Å². The molecular weight excluding hydrogens is 329 g/mol. The lowest BCUT2D eigenvalue weighted by molar-refractivity contribution is -0.127. The first-order chi connectivity index (χ1) is 11.7. The number of halogens is 1. The fourth-order valence-corrected chi connectivity index (χ4v) is 3.59. The van der Waals surface area contributed by atoms with E-state index in [1.807, 2.05) is 13.0 Å². The number of thiazole rings is 1.